The standard InChI is InChI=1S/C13H14N4O3S/c1-8-11(21-13(14)15-8)12(18)16(2)7-9-5-3-4-6-10(9)17(19)20/h3-6H,7H2,1-2H3,(H2,14,15). The van der Waals surface area contributed by atoms with E-state index in [1.165, 1.54) is 11.0 Å². The highest BCUT2D eigenvalue weighted by Gasteiger charge is 2.21. The van der Waals surface area contributed by atoms with Gasteiger partial charge in [0.15, 0.2) is 5.13 Å². The number of carbonyl (C=O) groups excluding carboxylic acids is 1. The Bertz CT molecular complexity index is 698. The monoisotopic (exact) mass is 306 g/mol. The number of amides is 1. The number of carbonyl (C=O) groups is 1. The van der Waals surface area contributed by atoms with Gasteiger partial charge in [-0.3, -0.25) is 14.9 Å². The molecule has 2 aromatic rings. The first-order valence-electron chi connectivity index (χ1n) is 6.10. The number of anilines is 1. The molecule has 1 heterocycles. The summed E-state index contributed by atoms with van der Waals surface area (Å²) in [6, 6.07) is 6.35. The zero-order valence-corrected chi connectivity index (χ0v) is 12.4. The maximum Gasteiger partial charge on any atom is 0.274 e. The van der Waals surface area contributed by atoms with E-state index in [0.717, 1.165) is 11.3 Å². The third-order valence-corrected chi connectivity index (χ3v) is 3.92. The first kappa shape index (κ1) is 14.9. The number of nitrogens with two attached hydrogens (primary N) is 1. The highest BCUT2D eigenvalue weighted by Crippen LogP contribution is 2.23. The van der Waals surface area contributed by atoms with Crippen molar-refractivity contribution in [1.29, 1.82) is 0 Å². The molecule has 0 fully saturated rings. The van der Waals surface area contributed by atoms with E-state index in [1.54, 1.807) is 32.2 Å². The molecule has 0 saturated carbocycles. The van der Waals surface area contributed by atoms with Crippen LogP contribution in [0.15, 0.2) is 24.3 Å². The van der Waals surface area contributed by atoms with Gasteiger partial charge in [-0.1, -0.05) is 29.5 Å². The molecule has 21 heavy (non-hydrogen) atoms. The van der Waals surface area contributed by atoms with E-state index < -0.39 is 4.92 Å². The molecule has 0 radical (unpaired) electrons. The van der Waals surface area contributed by atoms with Crippen LogP contribution in [0.25, 0.3) is 0 Å². The molecule has 1 aromatic carbocycles. The number of thiazole rings is 1. The average molecular weight is 306 g/mol. The highest BCUT2D eigenvalue weighted by molar-refractivity contribution is 7.17. The Morgan fingerprint density at radius 3 is 2.71 bits per heavy atom. The minimum atomic E-state index is -0.455. The number of hydrogen-bond donors (Lipinski definition) is 1. The van der Waals surface area contributed by atoms with E-state index in [-0.39, 0.29) is 18.1 Å². The van der Waals surface area contributed by atoms with Gasteiger partial charge in [0.25, 0.3) is 11.6 Å². The fourth-order valence-electron chi connectivity index (χ4n) is 1.94. The average Bonchev–Trinajstić information content (AvgIpc) is 2.77. The second-order valence-corrected chi connectivity index (χ2v) is 5.54. The van der Waals surface area contributed by atoms with Gasteiger partial charge in [-0.05, 0) is 6.92 Å². The molecule has 0 aliphatic carbocycles. The number of hydrogen-bond acceptors (Lipinski definition) is 6. The number of nitro groups is 1. The molecular formula is C13H14N4O3S. The Kier molecular flexibility index (Phi) is 4.18. The number of para-hydroxylation sites is 1. The Labute approximate surface area is 125 Å². The molecule has 0 bridgehead atoms. The van der Waals surface area contributed by atoms with Crippen molar-refractivity contribution < 1.29 is 9.72 Å². The molecule has 0 aliphatic heterocycles. The summed E-state index contributed by atoms with van der Waals surface area (Å²) < 4.78 is 0. The van der Waals surface area contributed by atoms with Gasteiger partial charge in [-0.25, -0.2) is 4.98 Å². The lowest BCUT2D eigenvalue weighted by Crippen LogP contribution is -2.26. The summed E-state index contributed by atoms with van der Waals surface area (Å²) in [5.74, 6) is -0.250. The number of nitrogen functional groups attached to an aromatic ring is 1. The maximum atomic E-state index is 12.3. The Morgan fingerprint density at radius 1 is 1.48 bits per heavy atom. The third kappa shape index (κ3) is 3.16. The SMILES string of the molecule is Cc1nc(N)sc1C(=O)N(C)Cc1ccccc1[N+](=O)[O-]. The second kappa shape index (κ2) is 5.88. The number of nitrogens with zero attached hydrogens (tertiary/aromatic N) is 3. The molecule has 8 heteroatoms. The predicted molar refractivity (Wildman–Crippen MR) is 80.2 cm³/mol. The molecule has 7 nitrogen and oxygen atoms in total. The van der Waals surface area contributed by atoms with E-state index in [0.29, 0.717) is 21.3 Å². The van der Waals surface area contributed by atoms with Gasteiger partial charge in [-0.15, -0.1) is 0 Å². The summed E-state index contributed by atoms with van der Waals surface area (Å²) in [5, 5.41) is 11.3. The molecule has 0 atom stereocenters. The van der Waals surface area contributed by atoms with Crippen LogP contribution in [0.1, 0.15) is 20.9 Å². The molecule has 110 valence electrons. The number of benzene rings is 1. The smallest absolute Gasteiger partial charge is 0.274 e. The minimum absolute atomic E-state index is 0.00214. The Morgan fingerprint density at radius 2 is 2.14 bits per heavy atom. The molecule has 0 aliphatic rings. The zero-order chi connectivity index (χ0) is 15.6. The summed E-state index contributed by atoms with van der Waals surface area (Å²) in [7, 11) is 1.59. The highest BCUT2D eigenvalue weighted by atomic mass is 32.1. The van der Waals surface area contributed by atoms with Crippen molar-refractivity contribution in [3.63, 3.8) is 0 Å². The molecule has 0 spiro atoms. The summed E-state index contributed by atoms with van der Waals surface area (Å²) in [6.07, 6.45) is 0. The van der Waals surface area contributed by atoms with Gasteiger partial charge in [0, 0.05) is 18.7 Å². The number of aryl methyl sites for hydroxylation is 1. The largest absolute Gasteiger partial charge is 0.375 e. The maximum absolute atomic E-state index is 12.3. The fraction of sp³-hybridized carbons (Fsp3) is 0.231. The van der Waals surface area contributed by atoms with Crippen LogP contribution >= 0.6 is 11.3 Å². The van der Waals surface area contributed by atoms with Gasteiger partial charge >= 0.3 is 0 Å². The quantitative estimate of drug-likeness (QED) is 0.689. The number of aromatic nitrogens is 1. The van der Waals surface area contributed by atoms with Crippen molar-refractivity contribution >= 4 is 28.1 Å². The molecule has 1 aromatic heterocycles. The number of rotatable bonds is 4. The van der Waals surface area contributed by atoms with E-state index >= 15 is 0 Å². The van der Waals surface area contributed by atoms with Crippen molar-refractivity contribution in [3.8, 4) is 0 Å². The van der Waals surface area contributed by atoms with Crippen LogP contribution in [0.5, 0.6) is 0 Å². The predicted octanol–water partition coefficient (Wildman–Crippen LogP) is 2.21. The number of nitro benzene ring substituents is 1. The zero-order valence-electron chi connectivity index (χ0n) is 11.6. The lowest BCUT2D eigenvalue weighted by molar-refractivity contribution is -0.385. The Hall–Kier alpha value is -2.48. The molecule has 2 N–H and O–H groups in total. The van der Waals surface area contributed by atoms with Crippen LogP contribution in [0, 0.1) is 17.0 Å². The Balaban J connectivity index is 2.22. The summed E-state index contributed by atoms with van der Waals surface area (Å²) in [6.45, 7) is 1.85. The van der Waals surface area contributed by atoms with Crippen LogP contribution in [-0.4, -0.2) is 27.8 Å². The van der Waals surface area contributed by atoms with Crippen LogP contribution in [0.2, 0.25) is 0 Å². The summed E-state index contributed by atoms with van der Waals surface area (Å²) in [4.78, 5) is 28.7. The first-order chi connectivity index (χ1) is 9.90. The first-order valence-corrected chi connectivity index (χ1v) is 6.92. The molecule has 0 unspecified atom stereocenters. The normalized spacial score (nSPS) is 10.4. The topological polar surface area (TPSA) is 102 Å². The van der Waals surface area contributed by atoms with Gasteiger partial charge < -0.3 is 10.6 Å². The van der Waals surface area contributed by atoms with Crippen LogP contribution in [0.4, 0.5) is 10.8 Å². The van der Waals surface area contributed by atoms with Gasteiger partial charge in [0.2, 0.25) is 0 Å². The summed E-state index contributed by atoms with van der Waals surface area (Å²) in [5.41, 5.74) is 6.63. The van der Waals surface area contributed by atoms with E-state index in [2.05, 4.69) is 4.98 Å². The minimum Gasteiger partial charge on any atom is -0.375 e. The summed E-state index contributed by atoms with van der Waals surface area (Å²) >= 11 is 1.11. The lowest BCUT2D eigenvalue weighted by atomic mass is 10.1. The van der Waals surface area contributed by atoms with E-state index in [1.807, 2.05) is 0 Å². The van der Waals surface area contributed by atoms with Crippen molar-refractivity contribution in [3.05, 3.63) is 50.5 Å². The molecule has 1 amide bonds. The van der Waals surface area contributed by atoms with Crippen molar-refractivity contribution in [1.82, 2.24) is 9.88 Å². The lowest BCUT2D eigenvalue weighted by Gasteiger charge is -2.16. The van der Waals surface area contributed by atoms with Crippen molar-refractivity contribution in [2.75, 3.05) is 12.8 Å². The molecule has 0 saturated heterocycles. The molecule has 2 rings (SSSR count). The van der Waals surface area contributed by atoms with Gasteiger partial charge in [0.05, 0.1) is 17.2 Å². The van der Waals surface area contributed by atoms with Crippen LogP contribution in [0.3, 0.4) is 0 Å². The third-order valence-electron chi connectivity index (χ3n) is 2.95. The van der Waals surface area contributed by atoms with Gasteiger partial charge in [0.1, 0.15) is 4.88 Å². The van der Waals surface area contributed by atoms with Crippen LogP contribution < -0.4 is 5.73 Å². The second-order valence-electron chi connectivity index (χ2n) is 4.51. The van der Waals surface area contributed by atoms with Crippen molar-refractivity contribution in [2.45, 2.75) is 13.5 Å². The van der Waals surface area contributed by atoms with E-state index in [4.69, 9.17) is 5.73 Å². The van der Waals surface area contributed by atoms with Crippen LogP contribution in [-0.2, 0) is 6.54 Å². The van der Waals surface area contributed by atoms with Gasteiger partial charge in [-0.2, -0.15) is 0 Å². The van der Waals surface area contributed by atoms with E-state index in [9.17, 15) is 14.9 Å². The van der Waals surface area contributed by atoms with Crippen molar-refractivity contribution in [2.24, 2.45) is 0 Å². The molecular weight excluding hydrogens is 292 g/mol. The fourth-order valence-corrected chi connectivity index (χ4v) is 2.77.